The predicted molar refractivity (Wildman–Crippen MR) is 91.1 cm³/mol. The van der Waals surface area contributed by atoms with Gasteiger partial charge in [-0.2, -0.15) is 0 Å². The van der Waals surface area contributed by atoms with Crippen molar-refractivity contribution in [3.8, 4) is 5.75 Å². The molecule has 0 unspecified atom stereocenters. The Labute approximate surface area is 140 Å². The van der Waals surface area contributed by atoms with E-state index < -0.39 is 6.10 Å². The lowest BCUT2D eigenvalue weighted by Crippen LogP contribution is -2.30. The van der Waals surface area contributed by atoms with Gasteiger partial charge in [-0.05, 0) is 62.2 Å². The third kappa shape index (κ3) is 4.39. The summed E-state index contributed by atoms with van der Waals surface area (Å²) in [5, 5.41) is 3.66. The lowest BCUT2D eigenvalue weighted by atomic mass is 10.1. The molecule has 0 spiro atoms. The Hall–Kier alpha value is -1.71. The van der Waals surface area contributed by atoms with Crippen molar-refractivity contribution in [3.63, 3.8) is 0 Å². The maximum Gasteiger partial charge on any atom is 0.265 e. The van der Waals surface area contributed by atoms with E-state index >= 15 is 0 Å². The van der Waals surface area contributed by atoms with E-state index in [0.29, 0.717) is 21.5 Å². The van der Waals surface area contributed by atoms with Gasteiger partial charge in [0.15, 0.2) is 6.10 Å². The van der Waals surface area contributed by atoms with Gasteiger partial charge in [0.2, 0.25) is 0 Å². The van der Waals surface area contributed by atoms with Crippen LogP contribution in [-0.2, 0) is 4.79 Å². The minimum absolute atomic E-state index is 0.267. The highest BCUT2D eigenvalue weighted by Gasteiger charge is 2.15. The Morgan fingerprint density at radius 1 is 1.05 bits per heavy atom. The first kappa shape index (κ1) is 16.7. The van der Waals surface area contributed by atoms with E-state index in [1.165, 1.54) is 5.56 Å². The van der Waals surface area contributed by atoms with Crippen LogP contribution < -0.4 is 10.1 Å². The average molecular weight is 338 g/mol. The highest BCUT2D eigenvalue weighted by atomic mass is 35.5. The molecular weight excluding hydrogens is 321 g/mol. The van der Waals surface area contributed by atoms with Gasteiger partial charge in [0.05, 0.1) is 0 Å². The number of aryl methyl sites for hydroxylation is 2. The largest absolute Gasteiger partial charge is 0.481 e. The number of anilines is 1. The topological polar surface area (TPSA) is 38.3 Å². The zero-order valence-corrected chi connectivity index (χ0v) is 14.1. The maximum atomic E-state index is 12.2. The van der Waals surface area contributed by atoms with Gasteiger partial charge in [-0.3, -0.25) is 4.79 Å². The predicted octanol–water partition coefficient (Wildman–Crippen LogP) is 5.02. The summed E-state index contributed by atoms with van der Waals surface area (Å²) >= 11 is 11.8. The number of carbonyl (C=O) groups excluding carboxylic acids is 1. The highest BCUT2D eigenvalue weighted by molar-refractivity contribution is 6.35. The summed E-state index contributed by atoms with van der Waals surface area (Å²) < 4.78 is 5.67. The van der Waals surface area contributed by atoms with Crippen LogP contribution in [0.25, 0.3) is 0 Å². The van der Waals surface area contributed by atoms with Crippen LogP contribution in [0.1, 0.15) is 18.1 Å². The molecule has 1 atom stereocenters. The number of carbonyl (C=O) groups is 1. The second-order valence-corrected chi connectivity index (χ2v) is 6.03. The lowest BCUT2D eigenvalue weighted by molar-refractivity contribution is -0.122. The summed E-state index contributed by atoms with van der Waals surface area (Å²) in [7, 11) is 0. The van der Waals surface area contributed by atoms with Crippen LogP contribution in [0.4, 0.5) is 5.69 Å². The molecule has 0 fully saturated rings. The van der Waals surface area contributed by atoms with Crippen LogP contribution in [0.3, 0.4) is 0 Å². The lowest BCUT2D eigenvalue weighted by Gasteiger charge is -2.16. The third-order valence-electron chi connectivity index (χ3n) is 3.29. The van der Waals surface area contributed by atoms with Crippen molar-refractivity contribution < 1.29 is 9.53 Å². The van der Waals surface area contributed by atoms with Crippen molar-refractivity contribution in [3.05, 3.63) is 57.6 Å². The Morgan fingerprint density at radius 3 is 2.27 bits per heavy atom. The van der Waals surface area contributed by atoms with Crippen molar-refractivity contribution in [2.75, 3.05) is 5.32 Å². The van der Waals surface area contributed by atoms with Crippen LogP contribution in [0.5, 0.6) is 5.75 Å². The van der Waals surface area contributed by atoms with E-state index in [1.54, 1.807) is 25.1 Å². The molecule has 116 valence electrons. The molecule has 0 saturated heterocycles. The van der Waals surface area contributed by atoms with Crippen LogP contribution >= 0.6 is 23.2 Å². The van der Waals surface area contributed by atoms with Crippen molar-refractivity contribution in [2.45, 2.75) is 26.9 Å². The van der Waals surface area contributed by atoms with E-state index in [2.05, 4.69) is 5.32 Å². The number of rotatable bonds is 4. The maximum absolute atomic E-state index is 12.2. The zero-order valence-electron chi connectivity index (χ0n) is 12.6. The molecule has 0 aliphatic rings. The molecule has 1 N–H and O–H groups in total. The summed E-state index contributed by atoms with van der Waals surface area (Å²) in [6, 6.07) is 10.6. The monoisotopic (exact) mass is 337 g/mol. The van der Waals surface area contributed by atoms with Gasteiger partial charge >= 0.3 is 0 Å². The molecule has 0 saturated carbocycles. The standard InChI is InChI=1S/C17H17Cl2NO2/c1-10-4-5-16(6-11(10)2)22-12(3)17(21)20-15-8-13(18)7-14(19)9-15/h4-9,12H,1-3H3,(H,20,21)/t12-/m1/s1. The normalized spacial score (nSPS) is 11.9. The number of hydrogen-bond donors (Lipinski definition) is 1. The first-order valence-electron chi connectivity index (χ1n) is 6.86. The molecule has 2 aromatic rings. The number of amides is 1. The van der Waals surface area contributed by atoms with E-state index in [1.807, 2.05) is 32.0 Å². The fourth-order valence-electron chi connectivity index (χ4n) is 1.91. The van der Waals surface area contributed by atoms with Gasteiger partial charge < -0.3 is 10.1 Å². The molecule has 3 nitrogen and oxygen atoms in total. The quantitative estimate of drug-likeness (QED) is 0.850. The molecule has 0 aromatic heterocycles. The van der Waals surface area contributed by atoms with Crippen molar-refractivity contribution >= 4 is 34.8 Å². The SMILES string of the molecule is Cc1ccc(O[C@H](C)C(=O)Nc2cc(Cl)cc(Cl)c2)cc1C. The molecule has 22 heavy (non-hydrogen) atoms. The van der Waals surface area contributed by atoms with Gasteiger partial charge in [-0.15, -0.1) is 0 Å². The molecule has 2 rings (SSSR count). The van der Waals surface area contributed by atoms with E-state index in [9.17, 15) is 4.79 Å². The summed E-state index contributed by atoms with van der Waals surface area (Å²) in [6.07, 6.45) is -0.639. The van der Waals surface area contributed by atoms with Crippen LogP contribution in [0, 0.1) is 13.8 Å². The van der Waals surface area contributed by atoms with E-state index in [0.717, 1.165) is 5.56 Å². The van der Waals surface area contributed by atoms with Gasteiger partial charge in [0.1, 0.15) is 5.75 Å². The van der Waals surface area contributed by atoms with Gasteiger partial charge in [-0.1, -0.05) is 29.3 Å². The van der Waals surface area contributed by atoms with Crippen LogP contribution in [0.15, 0.2) is 36.4 Å². The van der Waals surface area contributed by atoms with Crippen molar-refractivity contribution in [2.24, 2.45) is 0 Å². The van der Waals surface area contributed by atoms with Crippen molar-refractivity contribution in [1.29, 1.82) is 0 Å². The summed E-state index contributed by atoms with van der Waals surface area (Å²) in [6.45, 7) is 5.72. The Kier molecular flexibility index (Phi) is 5.33. The fraction of sp³-hybridized carbons (Fsp3) is 0.235. The second-order valence-electron chi connectivity index (χ2n) is 5.15. The van der Waals surface area contributed by atoms with Crippen LogP contribution in [-0.4, -0.2) is 12.0 Å². The number of hydrogen-bond acceptors (Lipinski definition) is 2. The van der Waals surface area contributed by atoms with Crippen LogP contribution in [0.2, 0.25) is 10.0 Å². The molecule has 0 bridgehead atoms. The third-order valence-corrected chi connectivity index (χ3v) is 3.73. The van der Waals surface area contributed by atoms with Crippen molar-refractivity contribution in [1.82, 2.24) is 0 Å². The molecule has 5 heteroatoms. The smallest absolute Gasteiger partial charge is 0.265 e. The van der Waals surface area contributed by atoms with Gasteiger partial charge in [-0.25, -0.2) is 0 Å². The molecule has 1 amide bonds. The first-order valence-corrected chi connectivity index (χ1v) is 7.61. The van der Waals surface area contributed by atoms with E-state index in [-0.39, 0.29) is 5.91 Å². The molecule has 2 aromatic carbocycles. The van der Waals surface area contributed by atoms with E-state index in [4.69, 9.17) is 27.9 Å². The molecule has 0 aliphatic heterocycles. The highest BCUT2D eigenvalue weighted by Crippen LogP contribution is 2.23. The Bertz CT molecular complexity index is 681. The number of nitrogens with one attached hydrogen (secondary N) is 1. The van der Waals surface area contributed by atoms with Gasteiger partial charge in [0.25, 0.3) is 5.91 Å². The number of ether oxygens (including phenoxy) is 1. The minimum atomic E-state index is -0.639. The first-order chi connectivity index (χ1) is 10.3. The zero-order chi connectivity index (χ0) is 16.3. The molecule has 0 aliphatic carbocycles. The molecule has 0 radical (unpaired) electrons. The Balaban J connectivity index is 2.04. The average Bonchev–Trinajstić information content (AvgIpc) is 2.41. The second kappa shape index (κ2) is 7.03. The fourth-order valence-corrected chi connectivity index (χ4v) is 2.44. The molecular formula is C17H17Cl2NO2. The number of halogens is 2. The molecule has 0 heterocycles. The minimum Gasteiger partial charge on any atom is -0.481 e. The summed E-state index contributed by atoms with van der Waals surface area (Å²) in [4.78, 5) is 12.2. The summed E-state index contributed by atoms with van der Waals surface area (Å²) in [5.74, 6) is 0.395. The van der Waals surface area contributed by atoms with Gasteiger partial charge in [0, 0.05) is 15.7 Å². The summed E-state index contributed by atoms with van der Waals surface area (Å²) in [5.41, 5.74) is 2.84. The Morgan fingerprint density at radius 2 is 1.68 bits per heavy atom. The number of benzene rings is 2.